The van der Waals surface area contributed by atoms with Crippen molar-refractivity contribution in [2.75, 3.05) is 18.9 Å². The van der Waals surface area contributed by atoms with Gasteiger partial charge in [0, 0.05) is 12.3 Å². The molecule has 0 atom stereocenters. The number of unbranched alkanes of at least 4 members (excludes halogenated alkanes) is 2. The van der Waals surface area contributed by atoms with Crippen molar-refractivity contribution in [2.45, 2.75) is 26.2 Å². The Balaban J connectivity index is 2.44. The van der Waals surface area contributed by atoms with Crippen LogP contribution in [0, 0.1) is 6.92 Å². The van der Waals surface area contributed by atoms with E-state index < -0.39 is 0 Å². The zero-order chi connectivity index (χ0) is 12.7. The molecule has 1 aromatic rings. The third-order valence-corrected chi connectivity index (χ3v) is 2.46. The van der Waals surface area contributed by atoms with E-state index in [-0.39, 0.29) is 12.6 Å². The van der Waals surface area contributed by atoms with Gasteiger partial charge in [-0.1, -0.05) is 11.6 Å². The fourth-order valence-electron chi connectivity index (χ4n) is 1.48. The number of anilines is 1. The molecule has 17 heavy (non-hydrogen) atoms. The molecule has 0 amide bonds. The molecule has 4 nitrogen and oxygen atoms in total. The van der Waals surface area contributed by atoms with E-state index in [0.29, 0.717) is 17.9 Å². The molecule has 0 unspecified atom stereocenters. The minimum atomic E-state index is -0.379. The Kier molecular flexibility index (Phi) is 5.49. The van der Waals surface area contributed by atoms with Crippen LogP contribution in [0.5, 0.6) is 0 Å². The van der Waals surface area contributed by atoms with E-state index in [1.165, 1.54) is 0 Å². The Morgan fingerprint density at radius 3 is 2.82 bits per heavy atom. The van der Waals surface area contributed by atoms with E-state index in [0.717, 1.165) is 24.8 Å². The highest BCUT2D eigenvalue weighted by molar-refractivity contribution is 5.95. The van der Waals surface area contributed by atoms with Crippen LogP contribution in [0.1, 0.15) is 35.2 Å². The summed E-state index contributed by atoms with van der Waals surface area (Å²) in [6.07, 6.45) is 2.36. The third kappa shape index (κ3) is 4.44. The fourth-order valence-corrected chi connectivity index (χ4v) is 1.48. The summed E-state index contributed by atoms with van der Waals surface area (Å²) in [7, 11) is 0. The minimum absolute atomic E-state index is 0.179. The SMILES string of the molecule is Cc1ccc(N)c(C(=O)OCCCCCO)c1. The number of aliphatic hydroxyl groups is 1. The van der Waals surface area contributed by atoms with E-state index in [1.807, 2.05) is 13.0 Å². The van der Waals surface area contributed by atoms with E-state index in [9.17, 15) is 4.79 Å². The van der Waals surface area contributed by atoms with E-state index in [2.05, 4.69) is 0 Å². The molecule has 0 heterocycles. The van der Waals surface area contributed by atoms with Crippen molar-refractivity contribution in [3.05, 3.63) is 29.3 Å². The first-order chi connectivity index (χ1) is 8.15. The Morgan fingerprint density at radius 2 is 2.12 bits per heavy atom. The lowest BCUT2D eigenvalue weighted by atomic mass is 10.1. The zero-order valence-corrected chi connectivity index (χ0v) is 10.1. The highest BCUT2D eigenvalue weighted by Crippen LogP contribution is 2.15. The van der Waals surface area contributed by atoms with Crippen LogP contribution in [-0.2, 0) is 4.74 Å². The predicted molar refractivity (Wildman–Crippen MR) is 66.8 cm³/mol. The minimum Gasteiger partial charge on any atom is -0.462 e. The summed E-state index contributed by atoms with van der Waals surface area (Å²) in [4.78, 5) is 11.7. The van der Waals surface area contributed by atoms with Crippen molar-refractivity contribution in [2.24, 2.45) is 0 Å². The molecular weight excluding hydrogens is 218 g/mol. The Bertz CT molecular complexity index is 377. The molecule has 0 aromatic heterocycles. The first-order valence-corrected chi connectivity index (χ1v) is 5.79. The maximum absolute atomic E-state index is 11.7. The Labute approximate surface area is 101 Å². The van der Waals surface area contributed by atoms with Crippen LogP contribution in [-0.4, -0.2) is 24.3 Å². The zero-order valence-electron chi connectivity index (χ0n) is 10.1. The van der Waals surface area contributed by atoms with Gasteiger partial charge in [-0.05, 0) is 38.3 Å². The van der Waals surface area contributed by atoms with Gasteiger partial charge >= 0.3 is 5.97 Å². The van der Waals surface area contributed by atoms with Crippen molar-refractivity contribution in [3.63, 3.8) is 0 Å². The second-order valence-corrected chi connectivity index (χ2v) is 4.01. The average molecular weight is 237 g/mol. The van der Waals surface area contributed by atoms with Crippen molar-refractivity contribution in [3.8, 4) is 0 Å². The van der Waals surface area contributed by atoms with Crippen LogP contribution in [0.2, 0.25) is 0 Å². The van der Waals surface area contributed by atoms with Crippen LogP contribution in [0.15, 0.2) is 18.2 Å². The van der Waals surface area contributed by atoms with E-state index in [1.54, 1.807) is 12.1 Å². The lowest BCUT2D eigenvalue weighted by molar-refractivity contribution is 0.0498. The number of ether oxygens (including phenoxy) is 1. The third-order valence-electron chi connectivity index (χ3n) is 2.46. The smallest absolute Gasteiger partial charge is 0.340 e. The number of nitrogens with two attached hydrogens (primary N) is 1. The summed E-state index contributed by atoms with van der Waals surface area (Å²) in [5.74, 6) is -0.379. The normalized spacial score (nSPS) is 10.2. The van der Waals surface area contributed by atoms with Gasteiger partial charge in [-0.2, -0.15) is 0 Å². The molecule has 0 aliphatic heterocycles. The van der Waals surface area contributed by atoms with Crippen LogP contribution < -0.4 is 5.73 Å². The number of aryl methyl sites for hydroxylation is 1. The highest BCUT2D eigenvalue weighted by atomic mass is 16.5. The largest absolute Gasteiger partial charge is 0.462 e. The summed E-state index contributed by atoms with van der Waals surface area (Å²) in [6, 6.07) is 5.29. The number of rotatable bonds is 6. The molecule has 0 saturated heterocycles. The monoisotopic (exact) mass is 237 g/mol. The Hall–Kier alpha value is -1.55. The number of nitrogen functional groups attached to an aromatic ring is 1. The second-order valence-electron chi connectivity index (χ2n) is 4.01. The van der Waals surface area contributed by atoms with Crippen molar-refractivity contribution in [1.29, 1.82) is 0 Å². The van der Waals surface area contributed by atoms with Gasteiger partial charge in [0.05, 0.1) is 12.2 Å². The van der Waals surface area contributed by atoms with Gasteiger partial charge in [-0.25, -0.2) is 4.79 Å². The molecule has 0 spiro atoms. The lowest BCUT2D eigenvalue weighted by Gasteiger charge is -2.07. The summed E-state index contributed by atoms with van der Waals surface area (Å²) in [5.41, 5.74) is 7.55. The van der Waals surface area contributed by atoms with Gasteiger partial charge < -0.3 is 15.6 Å². The first kappa shape index (κ1) is 13.5. The van der Waals surface area contributed by atoms with Gasteiger partial charge in [-0.15, -0.1) is 0 Å². The van der Waals surface area contributed by atoms with Crippen molar-refractivity contribution in [1.82, 2.24) is 0 Å². The number of carbonyl (C=O) groups is 1. The molecule has 4 heteroatoms. The van der Waals surface area contributed by atoms with Crippen LogP contribution in [0.25, 0.3) is 0 Å². The highest BCUT2D eigenvalue weighted by Gasteiger charge is 2.10. The van der Waals surface area contributed by atoms with Crippen molar-refractivity contribution >= 4 is 11.7 Å². The van der Waals surface area contributed by atoms with Gasteiger partial charge in [-0.3, -0.25) is 0 Å². The van der Waals surface area contributed by atoms with Gasteiger partial charge in [0.15, 0.2) is 0 Å². The van der Waals surface area contributed by atoms with Crippen molar-refractivity contribution < 1.29 is 14.6 Å². The first-order valence-electron chi connectivity index (χ1n) is 5.79. The quantitative estimate of drug-likeness (QED) is 0.450. The van der Waals surface area contributed by atoms with Gasteiger partial charge in [0.2, 0.25) is 0 Å². The molecule has 0 bridgehead atoms. The molecular formula is C13H19NO3. The van der Waals surface area contributed by atoms with E-state index >= 15 is 0 Å². The number of carbonyl (C=O) groups excluding carboxylic acids is 1. The number of benzene rings is 1. The number of aliphatic hydroxyl groups excluding tert-OH is 1. The second kappa shape index (κ2) is 6.91. The fraction of sp³-hybridized carbons (Fsp3) is 0.462. The predicted octanol–water partition coefficient (Wildman–Crippen LogP) is 1.90. The molecule has 3 N–H and O–H groups in total. The molecule has 1 aromatic carbocycles. The van der Waals surface area contributed by atoms with E-state index in [4.69, 9.17) is 15.6 Å². The van der Waals surface area contributed by atoms with Gasteiger partial charge in [0.1, 0.15) is 0 Å². The average Bonchev–Trinajstić information content (AvgIpc) is 2.32. The van der Waals surface area contributed by atoms with Crippen LogP contribution in [0.3, 0.4) is 0 Å². The molecule has 0 aliphatic carbocycles. The molecule has 1 rings (SSSR count). The van der Waals surface area contributed by atoms with Crippen LogP contribution >= 0.6 is 0 Å². The molecule has 0 radical (unpaired) electrons. The molecule has 0 saturated carbocycles. The topological polar surface area (TPSA) is 72.6 Å². The molecule has 94 valence electrons. The number of hydrogen-bond donors (Lipinski definition) is 2. The maximum Gasteiger partial charge on any atom is 0.340 e. The number of hydrogen-bond acceptors (Lipinski definition) is 4. The Morgan fingerprint density at radius 1 is 1.35 bits per heavy atom. The lowest BCUT2D eigenvalue weighted by Crippen LogP contribution is -2.09. The molecule has 0 aliphatic rings. The summed E-state index contributed by atoms with van der Waals surface area (Å²) < 4.78 is 5.11. The summed E-state index contributed by atoms with van der Waals surface area (Å²) in [6.45, 7) is 2.45. The van der Waals surface area contributed by atoms with Gasteiger partial charge in [0.25, 0.3) is 0 Å². The number of esters is 1. The summed E-state index contributed by atoms with van der Waals surface area (Å²) >= 11 is 0. The summed E-state index contributed by atoms with van der Waals surface area (Å²) in [5, 5.41) is 8.60. The van der Waals surface area contributed by atoms with Crippen LogP contribution in [0.4, 0.5) is 5.69 Å². The molecule has 0 fully saturated rings. The maximum atomic E-state index is 11.7. The standard InChI is InChI=1S/C13H19NO3/c1-10-5-6-12(14)11(9-10)13(16)17-8-4-2-3-7-15/h5-6,9,15H,2-4,7-8,14H2,1H3.